The van der Waals surface area contributed by atoms with Crippen molar-refractivity contribution in [1.82, 2.24) is 4.98 Å². The van der Waals surface area contributed by atoms with Gasteiger partial charge in [0.05, 0.1) is 4.90 Å². The fourth-order valence-electron chi connectivity index (χ4n) is 2.84. The van der Waals surface area contributed by atoms with Crippen LogP contribution in [0.2, 0.25) is 0 Å². The molecule has 0 aliphatic carbocycles. The molecule has 0 radical (unpaired) electrons. The summed E-state index contributed by atoms with van der Waals surface area (Å²) in [5.74, 6) is -0.0216. The third-order valence-electron chi connectivity index (χ3n) is 4.39. The summed E-state index contributed by atoms with van der Waals surface area (Å²) >= 11 is 0. The summed E-state index contributed by atoms with van der Waals surface area (Å²) in [5.41, 5.74) is 3.16. The van der Waals surface area contributed by atoms with Crippen LogP contribution in [0.25, 0.3) is 0 Å². The second-order valence-electron chi connectivity index (χ2n) is 6.51. The maximum absolute atomic E-state index is 12.6. The Labute approximate surface area is 164 Å². The highest BCUT2D eigenvalue weighted by Gasteiger charge is 2.15. The van der Waals surface area contributed by atoms with Crippen LogP contribution in [-0.2, 0) is 22.9 Å². The SMILES string of the molecule is Cc1ccc(S(N)(=O)=O)cc1C(=O)Nc1cc(CCc2ccccc2)ccn1. The average molecular weight is 395 g/mol. The Morgan fingerprint density at radius 3 is 2.43 bits per heavy atom. The van der Waals surface area contributed by atoms with Gasteiger partial charge in [-0.25, -0.2) is 18.5 Å². The van der Waals surface area contributed by atoms with Crippen molar-refractivity contribution in [2.45, 2.75) is 24.7 Å². The van der Waals surface area contributed by atoms with Gasteiger partial charge in [0.25, 0.3) is 5.91 Å². The van der Waals surface area contributed by atoms with Gasteiger partial charge in [0.15, 0.2) is 0 Å². The number of nitrogens with zero attached hydrogens (tertiary/aromatic N) is 1. The minimum atomic E-state index is -3.88. The molecule has 0 atom stereocenters. The van der Waals surface area contributed by atoms with Crippen molar-refractivity contribution in [1.29, 1.82) is 0 Å². The van der Waals surface area contributed by atoms with Crippen molar-refractivity contribution in [3.63, 3.8) is 0 Å². The summed E-state index contributed by atoms with van der Waals surface area (Å²) in [7, 11) is -3.88. The quantitative estimate of drug-likeness (QED) is 0.669. The molecule has 28 heavy (non-hydrogen) atoms. The molecule has 6 nitrogen and oxygen atoms in total. The van der Waals surface area contributed by atoms with Crippen LogP contribution in [0, 0.1) is 6.92 Å². The van der Waals surface area contributed by atoms with E-state index in [9.17, 15) is 13.2 Å². The number of primary sulfonamides is 1. The van der Waals surface area contributed by atoms with Crippen molar-refractivity contribution in [3.8, 4) is 0 Å². The number of carbonyl (C=O) groups excluding carboxylic acids is 1. The minimum Gasteiger partial charge on any atom is -0.307 e. The molecule has 0 saturated heterocycles. The summed E-state index contributed by atoms with van der Waals surface area (Å²) in [4.78, 5) is 16.7. The monoisotopic (exact) mass is 395 g/mol. The lowest BCUT2D eigenvalue weighted by Crippen LogP contribution is -2.17. The first-order valence-electron chi connectivity index (χ1n) is 8.76. The molecule has 0 spiro atoms. The van der Waals surface area contributed by atoms with Crippen LogP contribution in [0.5, 0.6) is 0 Å². The fourth-order valence-corrected chi connectivity index (χ4v) is 3.38. The smallest absolute Gasteiger partial charge is 0.257 e. The van der Waals surface area contributed by atoms with Crippen LogP contribution in [-0.4, -0.2) is 19.3 Å². The van der Waals surface area contributed by atoms with E-state index in [0.29, 0.717) is 11.4 Å². The second-order valence-corrected chi connectivity index (χ2v) is 8.07. The molecule has 2 aromatic carbocycles. The highest BCUT2D eigenvalue weighted by molar-refractivity contribution is 7.89. The van der Waals surface area contributed by atoms with Gasteiger partial charge in [-0.3, -0.25) is 4.79 Å². The molecule has 0 fully saturated rings. The maximum atomic E-state index is 12.6. The van der Waals surface area contributed by atoms with E-state index in [1.165, 1.54) is 17.7 Å². The van der Waals surface area contributed by atoms with Crippen LogP contribution < -0.4 is 10.5 Å². The summed E-state index contributed by atoms with van der Waals surface area (Å²) in [6.45, 7) is 1.73. The van der Waals surface area contributed by atoms with Crippen LogP contribution in [0.15, 0.2) is 71.8 Å². The lowest BCUT2D eigenvalue weighted by molar-refractivity contribution is 0.102. The number of pyridine rings is 1. The first-order chi connectivity index (χ1) is 13.3. The first kappa shape index (κ1) is 19.7. The van der Waals surface area contributed by atoms with Gasteiger partial charge in [-0.2, -0.15) is 0 Å². The molecular weight excluding hydrogens is 374 g/mol. The van der Waals surface area contributed by atoms with E-state index in [2.05, 4.69) is 22.4 Å². The molecule has 3 N–H and O–H groups in total. The van der Waals surface area contributed by atoms with E-state index >= 15 is 0 Å². The molecule has 0 bridgehead atoms. The number of rotatable bonds is 6. The van der Waals surface area contributed by atoms with Crippen LogP contribution >= 0.6 is 0 Å². The Bertz CT molecular complexity index is 1100. The van der Waals surface area contributed by atoms with Gasteiger partial charge >= 0.3 is 0 Å². The number of anilines is 1. The van der Waals surface area contributed by atoms with E-state index in [0.717, 1.165) is 18.4 Å². The van der Waals surface area contributed by atoms with Gasteiger partial charge in [-0.15, -0.1) is 0 Å². The Kier molecular flexibility index (Phi) is 5.87. The van der Waals surface area contributed by atoms with E-state index in [4.69, 9.17) is 5.14 Å². The lowest BCUT2D eigenvalue weighted by Gasteiger charge is -2.10. The highest BCUT2D eigenvalue weighted by Crippen LogP contribution is 2.17. The molecule has 7 heteroatoms. The molecule has 1 aromatic heterocycles. The zero-order valence-corrected chi connectivity index (χ0v) is 16.2. The van der Waals surface area contributed by atoms with Gasteiger partial charge in [-0.05, 0) is 60.7 Å². The molecule has 0 unspecified atom stereocenters. The molecule has 3 aromatic rings. The van der Waals surface area contributed by atoms with Crippen molar-refractivity contribution in [3.05, 3.63) is 89.1 Å². The van der Waals surface area contributed by atoms with E-state index < -0.39 is 15.9 Å². The largest absolute Gasteiger partial charge is 0.307 e. The predicted octanol–water partition coefficient (Wildman–Crippen LogP) is 3.07. The molecule has 0 saturated carbocycles. The average Bonchev–Trinajstić information content (AvgIpc) is 2.67. The van der Waals surface area contributed by atoms with Gasteiger partial charge < -0.3 is 5.32 Å². The molecule has 1 amide bonds. The minimum absolute atomic E-state index is 0.104. The number of hydrogen-bond acceptors (Lipinski definition) is 4. The molecule has 144 valence electrons. The fraction of sp³-hybridized carbons (Fsp3) is 0.143. The number of nitrogens with one attached hydrogen (secondary N) is 1. The van der Waals surface area contributed by atoms with E-state index in [1.807, 2.05) is 30.3 Å². The second kappa shape index (κ2) is 8.33. The zero-order valence-electron chi connectivity index (χ0n) is 15.4. The Morgan fingerprint density at radius 2 is 1.71 bits per heavy atom. The van der Waals surface area contributed by atoms with Crippen molar-refractivity contribution < 1.29 is 13.2 Å². The summed E-state index contributed by atoms with van der Waals surface area (Å²) < 4.78 is 23.1. The normalized spacial score (nSPS) is 11.2. The molecule has 0 aliphatic rings. The number of carbonyl (C=O) groups is 1. The third-order valence-corrected chi connectivity index (χ3v) is 5.30. The first-order valence-corrected chi connectivity index (χ1v) is 10.3. The lowest BCUT2D eigenvalue weighted by atomic mass is 10.1. The number of sulfonamides is 1. The molecule has 1 heterocycles. The standard InChI is InChI=1S/C21H21N3O3S/c1-15-7-10-18(28(22,26)27)14-19(15)21(25)24-20-13-17(11-12-23-20)9-8-16-5-3-2-4-6-16/h2-7,10-14H,8-9H2,1H3,(H2,22,26,27)(H,23,24,25). The summed E-state index contributed by atoms with van der Waals surface area (Å²) in [5, 5.41) is 7.89. The van der Waals surface area contributed by atoms with Crippen molar-refractivity contribution >= 4 is 21.7 Å². The number of amides is 1. The number of aromatic nitrogens is 1. The van der Waals surface area contributed by atoms with Crippen LogP contribution in [0.3, 0.4) is 0 Å². The van der Waals surface area contributed by atoms with Gasteiger partial charge in [0.2, 0.25) is 10.0 Å². The predicted molar refractivity (Wildman–Crippen MR) is 109 cm³/mol. The van der Waals surface area contributed by atoms with Crippen molar-refractivity contribution in [2.24, 2.45) is 5.14 Å². The Morgan fingerprint density at radius 1 is 1.00 bits per heavy atom. The van der Waals surface area contributed by atoms with Gasteiger partial charge in [-0.1, -0.05) is 36.4 Å². The van der Waals surface area contributed by atoms with Crippen LogP contribution in [0.1, 0.15) is 27.0 Å². The number of benzene rings is 2. The molecule has 3 rings (SSSR count). The Hall–Kier alpha value is -3.03. The zero-order chi connectivity index (χ0) is 20.1. The highest BCUT2D eigenvalue weighted by atomic mass is 32.2. The van der Waals surface area contributed by atoms with Gasteiger partial charge in [0.1, 0.15) is 5.82 Å². The van der Waals surface area contributed by atoms with E-state index in [-0.39, 0.29) is 10.5 Å². The third kappa shape index (κ3) is 5.03. The summed E-state index contributed by atoms with van der Waals surface area (Å²) in [6.07, 6.45) is 3.34. The molecular formula is C21H21N3O3S. The van der Waals surface area contributed by atoms with Gasteiger partial charge in [0, 0.05) is 11.8 Å². The topological polar surface area (TPSA) is 102 Å². The maximum Gasteiger partial charge on any atom is 0.257 e. The summed E-state index contributed by atoms with van der Waals surface area (Å²) in [6, 6.07) is 18.1. The number of hydrogen-bond donors (Lipinski definition) is 2. The molecule has 0 aliphatic heterocycles. The number of aryl methyl sites for hydroxylation is 3. The van der Waals surface area contributed by atoms with E-state index in [1.54, 1.807) is 19.2 Å². The van der Waals surface area contributed by atoms with Crippen LogP contribution in [0.4, 0.5) is 5.82 Å². The number of nitrogens with two attached hydrogens (primary N) is 1. The Balaban J connectivity index is 1.74. The van der Waals surface area contributed by atoms with Crippen molar-refractivity contribution in [2.75, 3.05) is 5.32 Å².